The summed E-state index contributed by atoms with van der Waals surface area (Å²) in [6.07, 6.45) is 3.09. The minimum Gasteiger partial charge on any atom is -0.496 e. The van der Waals surface area contributed by atoms with Crippen LogP contribution in [-0.2, 0) is 13.1 Å². The first kappa shape index (κ1) is 21.7. The summed E-state index contributed by atoms with van der Waals surface area (Å²) in [7, 11) is 1.60. The van der Waals surface area contributed by atoms with Gasteiger partial charge in [0.15, 0.2) is 10.8 Å². The highest BCUT2D eigenvalue weighted by Crippen LogP contribution is 2.34. The number of pyridine rings is 1. The van der Waals surface area contributed by atoms with Crippen LogP contribution in [0, 0.1) is 6.92 Å². The number of aryl methyl sites for hydroxylation is 1. The lowest BCUT2D eigenvalue weighted by Crippen LogP contribution is -2.26. The Balaban J connectivity index is 1.35. The van der Waals surface area contributed by atoms with Crippen molar-refractivity contribution in [2.24, 2.45) is 0 Å². The number of hydrogen-bond donors (Lipinski definition) is 1. The van der Waals surface area contributed by atoms with Crippen molar-refractivity contribution in [2.75, 3.05) is 12.4 Å². The summed E-state index contributed by atoms with van der Waals surface area (Å²) in [5.41, 5.74) is 3.81. The average molecular weight is 473 g/mol. The second kappa shape index (κ2) is 8.99. The summed E-state index contributed by atoms with van der Waals surface area (Å²) in [6, 6.07) is 12.7. The number of hydrogen-bond acceptors (Lipinski definition) is 8. The highest BCUT2D eigenvalue weighted by atomic mass is 32.1. The van der Waals surface area contributed by atoms with Crippen molar-refractivity contribution in [3.8, 4) is 16.9 Å². The third kappa shape index (κ3) is 4.11. The van der Waals surface area contributed by atoms with E-state index in [0.29, 0.717) is 35.2 Å². The lowest BCUT2D eigenvalue weighted by Gasteiger charge is -2.14. The molecule has 1 aliphatic rings. The fourth-order valence-corrected chi connectivity index (χ4v) is 4.79. The molecule has 0 bridgehead atoms. The summed E-state index contributed by atoms with van der Waals surface area (Å²) in [5, 5.41) is 11.0. The first-order valence-electron chi connectivity index (χ1n) is 10.5. The van der Waals surface area contributed by atoms with Crippen LogP contribution >= 0.6 is 11.3 Å². The van der Waals surface area contributed by atoms with Gasteiger partial charge in [-0.25, -0.2) is 4.98 Å². The quantitative estimate of drug-likeness (QED) is 0.471. The smallest absolute Gasteiger partial charge is 0.275 e. The van der Waals surface area contributed by atoms with Crippen molar-refractivity contribution in [3.05, 3.63) is 82.4 Å². The van der Waals surface area contributed by atoms with Gasteiger partial charge in [-0.05, 0) is 31.2 Å². The molecule has 2 amide bonds. The molecule has 170 valence electrons. The van der Waals surface area contributed by atoms with Crippen molar-refractivity contribution in [1.29, 1.82) is 0 Å². The zero-order valence-electron chi connectivity index (χ0n) is 18.5. The number of aromatic nitrogens is 4. The SMILES string of the molecule is COc1ccccc1-c1cc(C)ncc1C(=O)Nc1nc2c(s1)CN(C(=O)c1cccnn1)C2. The predicted octanol–water partition coefficient (Wildman–Crippen LogP) is 3.72. The number of thiazole rings is 1. The fourth-order valence-electron chi connectivity index (χ4n) is 3.81. The van der Waals surface area contributed by atoms with Gasteiger partial charge in [0.2, 0.25) is 0 Å². The van der Waals surface area contributed by atoms with Crippen LogP contribution in [0.15, 0.2) is 54.9 Å². The van der Waals surface area contributed by atoms with E-state index in [1.165, 1.54) is 17.5 Å². The average Bonchev–Trinajstić information content (AvgIpc) is 3.42. The largest absolute Gasteiger partial charge is 0.496 e. The van der Waals surface area contributed by atoms with Gasteiger partial charge in [0, 0.05) is 29.2 Å². The molecule has 0 unspecified atom stereocenters. The topological polar surface area (TPSA) is 110 Å². The molecule has 1 N–H and O–H groups in total. The van der Waals surface area contributed by atoms with E-state index in [1.54, 1.807) is 30.3 Å². The molecule has 3 aromatic heterocycles. The van der Waals surface area contributed by atoms with Crippen molar-refractivity contribution < 1.29 is 14.3 Å². The molecule has 10 heteroatoms. The molecule has 0 fully saturated rings. The molecule has 1 aliphatic heterocycles. The van der Waals surface area contributed by atoms with Crippen molar-refractivity contribution in [3.63, 3.8) is 0 Å². The molecule has 0 spiro atoms. The van der Waals surface area contributed by atoms with E-state index in [0.717, 1.165) is 27.4 Å². The lowest BCUT2D eigenvalue weighted by atomic mass is 9.99. The van der Waals surface area contributed by atoms with Crippen LogP contribution in [0.4, 0.5) is 5.13 Å². The molecule has 4 heterocycles. The highest BCUT2D eigenvalue weighted by Gasteiger charge is 2.29. The Labute approximate surface area is 199 Å². The van der Waals surface area contributed by atoms with Crippen LogP contribution in [0.5, 0.6) is 5.75 Å². The van der Waals surface area contributed by atoms with E-state index in [-0.39, 0.29) is 11.8 Å². The van der Waals surface area contributed by atoms with Gasteiger partial charge in [-0.1, -0.05) is 29.5 Å². The molecule has 0 radical (unpaired) electrons. The third-order valence-corrected chi connectivity index (χ3v) is 6.43. The molecule has 0 saturated carbocycles. The maximum atomic E-state index is 13.2. The van der Waals surface area contributed by atoms with E-state index in [2.05, 4.69) is 25.5 Å². The Kier molecular flexibility index (Phi) is 5.72. The van der Waals surface area contributed by atoms with Crippen LogP contribution in [0.1, 0.15) is 37.1 Å². The summed E-state index contributed by atoms with van der Waals surface area (Å²) in [4.78, 5) is 37.3. The summed E-state index contributed by atoms with van der Waals surface area (Å²) in [5.74, 6) is 0.160. The van der Waals surface area contributed by atoms with Crippen molar-refractivity contribution >= 4 is 28.3 Å². The van der Waals surface area contributed by atoms with Gasteiger partial charge in [-0.2, -0.15) is 5.10 Å². The maximum Gasteiger partial charge on any atom is 0.275 e. The number of nitrogens with one attached hydrogen (secondary N) is 1. The molecule has 0 atom stereocenters. The summed E-state index contributed by atoms with van der Waals surface area (Å²) >= 11 is 1.36. The Morgan fingerprint density at radius 3 is 2.74 bits per heavy atom. The van der Waals surface area contributed by atoms with Gasteiger partial charge >= 0.3 is 0 Å². The van der Waals surface area contributed by atoms with Gasteiger partial charge < -0.3 is 9.64 Å². The molecule has 5 rings (SSSR count). The Bertz CT molecular complexity index is 1370. The number of ether oxygens (including phenoxy) is 1. The molecule has 0 aliphatic carbocycles. The third-order valence-electron chi connectivity index (χ3n) is 5.43. The van der Waals surface area contributed by atoms with Crippen LogP contribution in [0.2, 0.25) is 0 Å². The van der Waals surface area contributed by atoms with Gasteiger partial charge in [0.25, 0.3) is 11.8 Å². The minimum atomic E-state index is -0.312. The van der Waals surface area contributed by atoms with E-state index in [4.69, 9.17) is 4.74 Å². The lowest BCUT2D eigenvalue weighted by molar-refractivity contribution is 0.0743. The molecule has 9 nitrogen and oxygen atoms in total. The van der Waals surface area contributed by atoms with E-state index in [1.807, 2.05) is 37.3 Å². The molecular weight excluding hydrogens is 452 g/mol. The van der Waals surface area contributed by atoms with Crippen LogP contribution < -0.4 is 10.1 Å². The predicted molar refractivity (Wildman–Crippen MR) is 127 cm³/mol. The molecule has 0 saturated heterocycles. The fraction of sp³-hybridized carbons (Fsp3) is 0.167. The Morgan fingerprint density at radius 1 is 1.12 bits per heavy atom. The van der Waals surface area contributed by atoms with Crippen LogP contribution in [0.25, 0.3) is 11.1 Å². The van der Waals surface area contributed by atoms with Gasteiger partial charge in [-0.15, -0.1) is 5.10 Å². The second-order valence-corrected chi connectivity index (χ2v) is 8.77. The maximum absolute atomic E-state index is 13.2. The Morgan fingerprint density at radius 2 is 1.97 bits per heavy atom. The number of carbonyl (C=O) groups is 2. The zero-order valence-corrected chi connectivity index (χ0v) is 19.3. The zero-order chi connectivity index (χ0) is 23.7. The normalized spacial score (nSPS) is 12.4. The first-order valence-corrected chi connectivity index (χ1v) is 11.3. The van der Waals surface area contributed by atoms with E-state index in [9.17, 15) is 9.59 Å². The van der Waals surface area contributed by atoms with Crippen molar-refractivity contribution in [1.82, 2.24) is 25.1 Å². The Hall–Kier alpha value is -4.18. The molecule has 4 aromatic rings. The molecule has 1 aromatic carbocycles. The molecular formula is C24H20N6O3S. The number of benzene rings is 1. The number of methoxy groups -OCH3 is 1. The number of amides is 2. The highest BCUT2D eigenvalue weighted by molar-refractivity contribution is 7.16. The van der Waals surface area contributed by atoms with Crippen LogP contribution in [0.3, 0.4) is 0 Å². The van der Waals surface area contributed by atoms with Gasteiger partial charge in [0.05, 0.1) is 36.3 Å². The standard InChI is InChI=1S/C24H20N6O3S/c1-14-10-16(15-6-3-4-8-20(15)33-2)17(11-25-14)22(31)28-24-27-19-12-30(13-21(19)34-24)23(32)18-7-5-9-26-29-18/h3-11H,12-13H2,1-2H3,(H,27,28,31). The van der Waals surface area contributed by atoms with Crippen LogP contribution in [-0.4, -0.2) is 44.0 Å². The summed E-state index contributed by atoms with van der Waals surface area (Å²) < 4.78 is 5.49. The first-order chi connectivity index (χ1) is 16.5. The minimum absolute atomic E-state index is 0.198. The van der Waals surface area contributed by atoms with Gasteiger partial charge in [-0.3, -0.25) is 19.9 Å². The van der Waals surface area contributed by atoms with Crippen molar-refractivity contribution in [2.45, 2.75) is 20.0 Å². The number of carbonyl (C=O) groups excluding carboxylic acids is 2. The number of rotatable bonds is 5. The number of para-hydroxylation sites is 1. The van der Waals surface area contributed by atoms with E-state index >= 15 is 0 Å². The number of nitrogens with zero attached hydrogens (tertiary/aromatic N) is 5. The summed E-state index contributed by atoms with van der Waals surface area (Å²) in [6.45, 7) is 2.65. The van der Waals surface area contributed by atoms with E-state index < -0.39 is 0 Å². The molecule has 34 heavy (non-hydrogen) atoms. The number of fused-ring (bicyclic) bond motifs is 1. The number of anilines is 1. The monoisotopic (exact) mass is 472 g/mol. The second-order valence-electron chi connectivity index (χ2n) is 7.68. The van der Waals surface area contributed by atoms with Gasteiger partial charge in [0.1, 0.15) is 5.75 Å².